The standard InChI is InChI=1S/C18H31NO2/c1-2-13-6-5-7-14(10-13)12-19-16-9-4-3-8-15(16)11-17(19)18(20)21/h13-17H,2-12H2,1H3,(H,20,21). The van der Waals surface area contributed by atoms with Crippen LogP contribution in [0.25, 0.3) is 0 Å². The van der Waals surface area contributed by atoms with Crippen LogP contribution in [-0.4, -0.2) is 34.6 Å². The zero-order valence-electron chi connectivity index (χ0n) is 13.5. The summed E-state index contributed by atoms with van der Waals surface area (Å²) < 4.78 is 0. The molecule has 0 aromatic carbocycles. The van der Waals surface area contributed by atoms with Crippen molar-refractivity contribution < 1.29 is 9.90 Å². The summed E-state index contributed by atoms with van der Waals surface area (Å²) in [4.78, 5) is 14.1. The van der Waals surface area contributed by atoms with E-state index in [1.807, 2.05) is 0 Å². The summed E-state index contributed by atoms with van der Waals surface area (Å²) in [7, 11) is 0. The highest BCUT2D eigenvalue weighted by molar-refractivity contribution is 5.74. The lowest BCUT2D eigenvalue weighted by Gasteiger charge is -2.37. The molecular formula is C18H31NO2. The van der Waals surface area contributed by atoms with Crippen molar-refractivity contribution in [1.29, 1.82) is 0 Å². The van der Waals surface area contributed by atoms with E-state index >= 15 is 0 Å². The topological polar surface area (TPSA) is 40.5 Å². The molecule has 2 saturated carbocycles. The van der Waals surface area contributed by atoms with Gasteiger partial charge in [-0.2, -0.15) is 0 Å². The van der Waals surface area contributed by atoms with Gasteiger partial charge in [-0.25, -0.2) is 0 Å². The Balaban J connectivity index is 1.67. The maximum absolute atomic E-state index is 11.7. The van der Waals surface area contributed by atoms with Crippen LogP contribution in [0.1, 0.15) is 71.1 Å². The molecule has 5 atom stereocenters. The van der Waals surface area contributed by atoms with Gasteiger partial charge in [0.05, 0.1) is 0 Å². The quantitative estimate of drug-likeness (QED) is 0.854. The van der Waals surface area contributed by atoms with Gasteiger partial charge < -0.3 is 5.11 Å². The summed E-state index contributed by atoms with van der Waals surface area (Å²) in [5, 5.41) is 9.62. The molecule has 120 valence electrons. The molecule has 3 rings (SSSR count). The first-order valence-corrected chi connectivity index (χ1v) is 9.17. The van der Waals surface area contributed by atoms with E-state index in [9.17, 15) is 9.90 Å². The van der Waals surface area contributed by atoms with Gasteiger partial charge in [-0.05, 0) is 49.9 Å². The van der Waals surface area contributed by atoms with Crippen molar-refractivity contribution in [2.24, 2.45) is 17.8 Å². The second-order valence-corrected chi connectivity index (χ2v) is 7.71. The molecule has 3 nitrogen and oxygen atoms in total. The van der Waals surface area contributed by atoms with Crippen molar-refractivity contribution in [3.63, 3.8) is 0 Å². The van der Waals surface area contributed by atoms with Crippen molar-refractivity contribution in [3.05, 3.63) is 0 Å². The third-order valence-corrected chi connectivity index (χ3v) is 6.44. The SMILES string of the molecule is CCC1CCCC(CN2C(C(=O)O)CC3CCCCC32)C1. The minimum absolute atomic E-state index is 0.194. The van der Waals surface area contributed by atoms with Gasteiger partial charge in [-0.1, -0.05) is 39.0 Å². The predicted molar refractivity (Wildman–Crippen MR) is 84.2 cm³/mol. The molecule has 0 amide bonds. The molecule has 21 heavy (non-hydrogen) atoms. The molecule has 0 radical (unpaired) electrons. The molecule has 0 aromatic heterocycles. The first-order valence-electron chi connectivity index (χ1n) is 9.17. The molecule has 3 aliphatic rings. The van der Waals surface area contributed by atoms with Crippen LogP contribution in [-0.2, 0) is 4.79 Å². The zero-order chi connectivity index (χ0) is 14.8. The van der Waals surface area contributed by atoms with Gasteiger partial charge in [-0.15, -0.1) is 0 Å². The predicted octanol–water partition coefficient (Wildman–Crippen LogP) is 3.92. The fraction of sp³-hybridized carbons (Fsp3) is 0.944. The van der Waals surface area contributed by atoms with E-state index in [4.69, 9.17) is 0 Å². The van der Waals surface area contributed by atoms with E-state index in [0.29, 0.717) is 12.0 Å². The van der Waals surface area contributed by atoms with Gasteiger partial charge in [0.25, 0.3) is 0 Å². The summed E-state index contributed by atoms with van der Waals surface area (Å²) in [6, 6.07) is 0.377. The summed E-state index contributed by atoms with van der Waals surface area (Å²) >= 11 is 0. The van der Waals surface area contributed by atoms with Gasteiger partial charge in [0, 0.05) is 12.6 Å². The van der Waals surface area contributed by atoms with Crippen LogP contribution < -0.4 is 0 Å². The second-order valence-electron chi connectivity index (χ2n) is 7.71. The zero-order valence-corrected chi connectivity index (χ0v) is 13.5. The number of rotatable bonds is 4. The second kappa shape index (κ2) is 6.68. The lowest BCUT2D eigenvalue weighted by Crippen LogP contribution is -2.45. The number of nitrogens with zero attached hydrogens (tertiary/aromatic N) is 1. The van der Waals surface area contributed by atoms with Gasteiger partial charge in [0.2, 0.25) is 0 Å². The number of likely N-dealkylation sites (tertiary alicyclic amines) is 1. The highest BCUT2D eigenvalue weighted by atomic mass is 16.4. The largest absolute Gasteiger partial charge is 0.480 e. The fourth-order valence-electron chi connectivity index (χ4n) is 5.30. The van der Waals surface area contributed by atoms with E-state index in [1.54, 1.807) is 0 Å². The molecular weight excluding hydrogens is 262 g/mol. The molecule has 5 unspecified atom stereocenters. The number of carbonyl (C=O) groups is 1. The Labute approximate surface area is 129 Å². The summed E-state index contributed by atoms with van der Waals surface area (Å²) in [6.07, 6.45) is 12.7. The first-order chi connectivity index (χ1) is 10.2. The summed E-state index contributed by atoms with van der Waals surface area (Å²) in [6.45, 7) is 3.36. The number of fused-ring (bicyclic) bond motifs is 1. The first kappa shape index (κ1) is 15.3. The Morgan fingerprint density at radius 1 is 1.05 bits per heavy atom. The molecule has 3 heteroatoms. The smallest absolute Gasteiger partial charge is 0.320 e. The Kier molecular flexibility index (Phi) is 4.88. The van der Waals surface area contributed by atoms with Gasteiger partial charge in [-0.3, -0.25) is 9.69 Å². The minimum atomic E-state index is -0.577. The highest BCUT2D eigenvalue weighted by Crippen LogP contribution is 2.41. The molecule has 0 spiro atoms. The Morgan fingerprint density at radius 2 is 1.81 bits per heavy atom. The molecule has 0 bridgehead atoms. The molecule has 1 saturated heterocycles. The number of hydrogen-bond acceptors (Lipinski definition) is 2. The van der Waals surface area contributed by atoms with E-state index in [1.165, 1.54) is 57.8 Å². The maximum atomic E-state index is 11.7. The number of aliphatic carboxylic acids is 1. The summed E-state index contributed by atoms with van der Waals surface area (Å²) in [5.41, 5.74) is 0. The van der Waals surface area contributed by atoms with Crippen LogP contribution in [0.5, 0.6) is 0 Å². The van der Waals surface area contributed by atoms with E-state index in [0.717, 1.165) is 24.8 Å². The fourth-order valence-corrected chi connectivity index (χ4v) is 5.30. The van der Waals surface area contributed by atoms with Gasteiger partial charge in [0.1, 0.15) is 6.04 Å². The molecule has 1 N–H and O–H groups in total. The van der Waals surface area contributed by atoms with Crippen LogP contribution in [0.15, 0.2) is 0 Å². The van der Waals surface area contributed by atoms with Crippen LogP contribution in [0.2, 0.25) is 0 Å². The van der Waals surface area contributed by atoms with Crippen molar-refractivity contribution in [3.8, 4) is 0 Å². The maximum Gasteiger partial charge on any atom is 0.320 e. The Hall–Kier alpha value is -0.570. The number of hydrogen-bond donors (Lipinski definition) is 1. The lowest BCUT2D eigenvalue weighted by atomic mass is 9.79. The molecule has 1 heterocycles. The molecule has 0 aromatic rings. The lowest BCUT2D eigenvalue weighted by molar-refractivity contribution is -0.143. The van der Waals surface area contributed by atoms with Gasteiger partial charge >= 0.3 is 5.97 Å². The summed E-state index contributed by atoms with van der Waals surface area (Å²) in [5.74, 6) is 1.71. The van der Waals surface area contributed by atoms with E-state index < -0.39 is 5.97 Å². The normalized spacial score (nSPS) is 40.9. The van der Waals surface area contributed by atoms with Gasteiger partial charge in [0.15, 0.2) is 0 Å². The highest BCUT2D eigenvalue weighted by Gasteiger charge is 2.45. The number of carboxylic acid groups (broad SMARTS) is 1. The van der Waals surface area contributed by atoms with E-state index in [2.05, 4.69) is 11.8 Å². The molecule has 3 fully saturated rings. The average Bonchev–Trinajstić information content (AvgIpc) is 2.87. The van der Waals surface area contributed by atoms with Crippen molar-refractivity contribution >= 4 is 5.97 Å². The third-order valence-electron chi connectivity index (χ3n) is 6.44. The molecule has 1 aliphatic heterocycles. The van der Waals surface area contributed by atoms with Crippen molar-refractivity contribution in [2.45, 2.75) is 83.2 Å². The Bertz CT molecular complexity index is 370. The Morgan fingerprint density at radius 3 is 2.57 bits per heavy atom. The minimum Gasteiger partial charge on any atom is -0.480 e. The number of carboxylic acids is 1. The van der Waals surface area contributed by atoms with Crippen LogP contribution in [0.4, 0.5) is 0 Å². The average molecular weight is 293 g/mol. The van der Waals surface area contributed by atoms with Crippen molar-refractivity contribution in [1.82, 2.24) is 4.90 Å². The van der Waals surface area contributed by atoms with Crippen molar-refractivity contribution in [2.75, 3.05) is 6.54 Å². The van der Waals surface area contributed by atoms with Crippen LogP contribution in [0, 0.1) is 17.8 Å². The van der Waals surface area contributed by atoms with Crippen LogP contribution >= 0.6 is 0 Å². The molecule has 2 aliphatic carbocycles. The monoisotopic (exact) mass is 293 g/mol. The van der Waals surface area contributed by atoms with E-state index in [-0.39, 0.29) is 6.04 Å². The van der Waals surface area contributed by atoms with Crippen LogP contribution in [0.3, 0.4) is 0 Å². The third kappa shape index (κ3) is 3.28.